The van der Waals surface area contributed by atoms with Crippen LogP contribution in [0.25, 0.3) is 0 Å². The lowest BCUT2D eigenvalue weighted by molar-refractivity contribution is 0.245. The lowest BCUT2D eigenvalue weighted by Crippen LogP contribution is -2.44. The van der Waals surface area contributed by atoms with Crippen molar-refractivity contribution >= 4 is 0 Å². The molecule has 1 fully saturated rings. The summed E-state index contributed by atoms with van der Waals surface area (Å²) in [6, 6.07) is 9.48. The molecule has 1 atom stereocenters. The molecule has 1 heteroatoms. The van der Waals surface area contributed by atoms with Crippen LogP contribution in [0, 0.1) is 6.92 Å². The molecule has 0 amide bonds. The van der Waals surface area contributed by atoms with E-state index in [9.17, 15) is 0 Å². The Hall–Kier alpha value is -0.820. The number of rotatable bonds is 1. The number of piperidine rings is 1. The van der Waals surface area contributed by atoms with E-state index < -0.39 is 0 Å². The van der Waals surface area contributed by atoms with Crippen molar-refractivity contribution in [3.63, 3.8) is 0 Å². The van der Waals surface area contributed by atoms with Gasteiger partial charge in [-0.3, -0.25) is 0 Å². The molecule has 1 unspecified atom stereocenters. The van der Waals surface area contributed by atoms with Gasteiger partial charge in [-0.05, 0) is 45.6 Å². The third-order valence-corrected chi connectivity index (χ3v) is 3.34. The van der Waals surface area contributed by atoms with E-state index in [-0.39, 0.29) is 0 Å². The summed E-state index contributed by atoms with van der Waals surface area (Å²) in [7, 11) is 0. The van der Waals surface area contributed by atoms with Gasteiger partial charge in [0.05, 0.1) is 0 Å². The molecule has 2 rings (SSSR count). The minimum atomic E-state index is 0.299. The fraction of sp³-hybridized carbons (Fsp3) is 0.571. The highest BCUT2D eigenvalue weighted by Gasteiger charge is 2.27. The zero-order valence-corrected chi connectivity index (χ0v) is 10.0. The van der Waals surface area contributed by atoms with Crippen molar-refractivity contribution in [2.24, 2.45) is 0 Å². The van der Waals surface area contributed by atoms with E-state index in [1.807, 2.05) is 0 Å². The summed E-state index contributed by atoms with van der Waals surface area (Å²) < 4.78 is 0. The van der Waals surface area contributed by atoms with Crippen molar-refractivity contribution in [1.29, 1.82) is 0 Å². The van der Waals surface area contributed by atoms with Crippen molar-refractivity contribution in [2.45, 2.75) is 51.6 Å². The predicted octanol–water partition coefficient (Wildman–Crippen LogP) is 3.59. The summed E-state index contributed by atoms with van der Waals surface area (Å²) >= 11 is 0. The lowest BCUT2D eigenvalue weighted by Gasteiger charge is -2.37. The Bertz CT molecular complexity index is 324. The zero-order valence-electron chi connectivity index (χ0n) is 10.0. The number of hydrogen-bond acceptors (Lipinski definition) is 1. The van der Waals surface area contributed by atoms with E-state index in [0.29, 0.717) is 11.6 Å². The smallest absolute Gasteiger partial charge is 0.0324 e. The molecule has 1 aliphatic rings. The molecule has 1 saturated heterocycles. The molecular formula is C14H21N. The Labute approximate surface area is 92.9 Å². The van der Waals surface area contributed by atoms with Gasteiger partial charge in [0, 0.05) is 11.6 Å². The van der Waals surface area contributed by atoms with Crippen LogP contribution in [-0.2, 0) is 0 Å². The molecule has 1 nitrogen and oxygen atoms in total. The van der Waals surface area contributed by atoms with Crippen LogP contribution in [0.15, 0.2) is 24.3 Å². The fourth-order valence-corrected chi connectivity index (χ4v) is 2.41. The Kier molecular flexibility index (Phi) is 2.83. The standard InChI is InChI=1S/C14H21N/c1-11-6-8-12(9-7-11)13-5-4-10-14(2,3)15-13/h6-9,13,15H,4-5,10H2,1-3H3. The van der Waals surface area contributed by atoms with Gasteiger partial charge in [0.15, 0.2) is 0 Å². The molecule has 0 spiro atoms. The Morgan fingerprint density at radius 1 is 1.20 bits per heavy atom. The van der Waals surface area contributed by atoms with Crippen molar-refractivity contribution in [3.05, 3.63) is 35.4 Å². The molecule has 0 aliphatic carbocycles. The highest BCUT2D eigenvalue weighted by molar-refractivity contribution is 5.24. The molecule has 1 aromatic rings. The van der Waals surface area contributed by atoms with Crippen LogP contribution in [-0.4, -0.2) is 5.54 Å². The molecule has 1 heterocycles. The van der Waals surface area contributed by atoms with Gasteiger partial charge in [-0.2, -0.15) is 0 Å². The summed E-state index contributed by atoms with van der Waals surface area (Å²) in [5.41, 5.74) is 3.08. The lowest BCUT2D eigenvalue weighted by atomic mass is 9.86. The third-order valence-electron chi connectivity index (χ3n) is 3.34. The Morgan fingerprint density at radius 3 is 2.47 bits per heavy atom. The van der Waals surface area contributed by atoms with Gasteiger partial charge in [-0.15, -0.1) is 0 Å². The maximum Gasteiger partial charge on any atom is 0.0324 e. The predicted molar refractivity (Wildman–Crippen MR) is 65.0 cm³/mol. The van der Waals surface area contributed by atoms with Crippen molar-refractivity contribution in [1.82, 2.24) is 5.32 Å². The van der Waals surface area contributed by atoms with Crippen LogP contribution < -0.4 is 5.32 Å². The van der Waals surface area contributed by atoms with Crippen molar-refractivity contribution < 1.29 is 0 Å². The Balaban J connectivity index is 2.13. The summed E-state index contributed by atoms with van der Waals surface area (Å²) in [6.07, 6.45) is 3.89. The van der Waals surface area contributed by atoms with Gasteiger partial charge >= 0.3 is 0 Å². The topological polar surface area (TPSA) is 12.0 Å². The quantitative estimate of drug-likeness (QED) is 0.735. The average molecular weight is 203 g/mol. The molecule has 0 saturated carbocycles. The maximum absolute atomic E-state index is 3.73. The highest BCUT2D eigenvalue weighted by Crippen LogP contribution is 2.30. The number of benzene rings is 1. The molecule has 1 N–H and O–H groups in total. The Morgan fingerprint density at radius 2 is 1.87 bits per heavy atom. The summed E-state index contributed by atoms with van der Waals surface area (Å²) in [4.78, 5) is 0. The number of hydrogen-bond donors (Lipinski definition) is 1. The minimum Gasteiger partial charge on any atom is -0.305 e. The van der Waals surface area contributed by atoms with Crippen molar-refractivity contribution in [3.8, 4) is 0 Å². The normalized spacial score (nSPS) is 25.1. The van der Waals surface area contributed by atoms with Crippen LogP contribution in [0.3, 0.4) is 0 Å². The molecule has 1 aliphatic heterocycles. The van der Waals surface area contributed by atoms with Gasteiger partial charge in [-0.1, -0.05) is 29.8 Å². The van der Waals surface area contributed by atoms with Gasteiger partial charge < -0.3 is 5.32 Å². The monoisotopic (exact) mass is 203 g/mol. The van der Waals surface area contributed by atoms with Gasteiger partial charge in [0.2, 0.25) is 0 Å². The molecule has 0 radical (unpaired) electrons. The summed E-state index contributed by atoms with van der Waals surface area (Å²) in [5, 5.41) is 3.73. The van der Waals surface area contributed by atoms with Crippen LogP contribution in [0.4, 0.5) is 0 Å². The first-order chi connectivity index (χ1) is 7.07. The van der Waals surface area contributed by atoms with Gasteiger partial charge in [-0.25, -0.2) is 0 Å². The van der Waals surface area contributed by atoms with Crippen LogP contribution in [0.2, 0.25) is 0 Å². The molecule has 0 aromatic heterocycles. The largest absolute Gasteiger partial charge is 0.305 e. The second kappa shape index (κ2) is 3.97. The number of nitrogens with one attached hydrogen (secondary N) is 1. The van der Waals surface area contributed by atoms with Crippen molar-refractivity contribution in [2.75, 3.05) is 0 Å². The van der Waals surface area contributed by atoms with Gasteiger partial charge in [0.1, 0.15) is 0 Å². The van der Waals surface area contributed by atoms with Crippen LogP contribution in [0.5, 0.6) is 0 Å². The average Bonchev–Trinajstić information content (AvgIpc) is 2.17. The first-order valence-corrected chi connectivity index (χ1v) is 5.91. The maximum atomic E-state index is 3.73. The van der Waals surface area contributed by atoms with E-state index in [1.54, 1.807) is 0 Å². The minimum absolute atomic E-state index is 0.299. The zero-order chi connectivity index (χ0) is 10.9. The highest BCUT2D eigenvalue weighted by atomic mass is 15.0. The second-order valence-electron chi connectivity index (χ2n) is 5.38. The third kappa shape index (κ3) is 2.60. The summed E-state index contributed by atoms with van der Waals surface area (Å²) in [6.45, 7) is 6.74. The molecule has 15 heavy (non-hydrogen) atoms. The molecular weight excluding hydrogens is 182 g/mol. The van der Waals surface area contributed by atoms with Crippen LogP contribution >= 0.6 is 0 Å². The second-order valence-corrected chi connectivity index (χ2v) is 5.38. The first-order valence-electron chi connectivity index (χ1n) is 5.91. The van der Waals surface area contributed by atoms with E-state index in [4.69, 9.17) is 0 Å². The molecule has 82 valence electrons. The SMILES string of the molecule is Cc1ccc(C2CCCC(C)(C)N2)cc1. The number of aryl methyl sites for hydroxylation is 1. The van der Waals surface area contributed by atoms with Crippen LogP contribution in [0.1, 0.15) is 50.3 Å². The fourth-order valence-electron chi connectivity index (χ4n) is 2.41. The molecule has 0 bridgehead atoms. The van der Waals surface area contributed by atoms with E-state index >= 15 is 0 Å². The van der Waals surface area contributed by atoms with E-state index in [1.165, 1.54) is 30.4 Å². The van der Waals surface area contributed by atoms with Gasteiger partial charge in [0.25, 0.3) is 0 Å². The van der Waals surface area contributed by atoms with E-state index in [2.05, 4.69) is 50.4 Å². The first kappa shape index (κ1) is 10.7. The molecule has 1 aromatic carbocycles. The van der Waals surface area contributed by atoms with E-state index in [0.717, 1.165) is 0 Å². The summed E-state index contributed by atoms with van der Waals surface area (Å²) in [5.74, 6) is 0.